The Morgan fingerprint density at radius 1 is 1.07 bits per heavy atom. The van der Waals surface area contributed by atoms with Crippen molar-refractivity contribution in [2.45, 2.75) is 20.0 Å². The van der Waals surface area contributed by atoms with Crippen molar-refractivity contribution < 1.29 is 17.9 Å². The van der Waals surface area contributed by atoms with Crippen LogP contribution in [0.1, 0.15) is 17.0 Å². The van der Waals surface area contributed by atoms with Crippen LogP contribution in [-0.2, 0) is 13.2 Å². The maximum absolute atomic E-state index is 12.7. The van der Waals surface area contributed by atoms with Crippen LogP contribution in [0.25, 0.3) is 16.9 Å². The number of aromatic nitrogens is 4. The zero-order valence-corrected chi connectivity index (χ0v) is 15.1. The Bertz CT molecular complexity index is 1050. The number of halogens is 3. The van der Waals surface area contributed by atoms with Crippen LogP contribution in [0.15, 0.2) is 35.1 Å². The number of nitrogens with zero attached hydrogens (tertiary/aromatic N) is 4. The van der Waals surface area contributed by atoms with E-state index < -0.39 is 17.3 Å². The Labute approximate surface area is 152 Å². The number of alkyl halides is 3. The fraction of sp³-hybridized carbons (Fsp3) is 0.278. The van der Waals surface area contributed by atoms with Gasteiger partial charge in [0, 0.05) is 18.3 Å². The average molecular weight is 378 g/mol. The molecular formula is C18H17F3N4O2. The second-order valence-corrected chi connectivity index (χ2v) is 6.05. The van der Waals surface area contributed by atoms with E-state index in [4.69, 9.17) is 4.74 Å². The lowest BCUT2D eigenvalue weighted by Gasteiger charge is -2.12. The number of rotatable bonds is 3. The zero-order valence-electron chi connectivity index (χ0n) is 15.1. The van der Waals surface area contributed by atoms with Gasteiger partial charge in [0.2, 0.25) is 0 Å². The van der Waals surface area contributed by atoms with E-state index in [2.05, 4.69) is 10.2 Å². The van der Waals surface area contributed by atoms with Crippen molar-refractivity contribution in [3.8, 4) is 22.7 Å². The third kappa shape index (κ3) is 3.32. The fourth-order valence-corrected chi connectivity index (χ4v) is 2.84. The van der Waals surface area contributed by atoms with Gasteiger partial charge < -0.3 is 4.74 Å². The standard InChI is InChI=1S/C18H17F3N4O2/c1-10-9-14(12-5-7-13(8-6-12)18(19,20)21)23-25(10)15-16(27-4)11(2)22-24(3)17(15)26/h5-9H,1-4H3. The molecule has 0 saturated carbocycles. The molecule has 0 bridgehead atoms. The molecule has 142 valence electrons. The summed E-state index contributed by atoms with van der Waals surface area (Å²) in [7, 11) is 2.95. The molecule has 0 amide bonds. The lowest BCUT2D eigenvalue weighted by Crippen LogP contribution is -2.27. The third-order valence-corrected chi connectivity index (χ3v) is 4.15. The zero-order chi connectivity index (χ0) is 19.9. The lowest BCUT2D eigenvalue weighted by molar-refractivity contribution is -0.137. The molecule has 27 heavy (non-hydrogen) atoms. The summed E-state index contributed by atoms with van der Waals surface area (Å²) >= 11 is 0. The second-order valence-electron chi connectivity index (χ2n) is 6.05. The van der Waals surface area contributed by atoms with Crippen LogP contribution in [0.2, 0.25) is 0 Å². The van der Waals surface area contributed by atoms with Crippen molar-refractivity contribution in [2.24, 2.45) is 7.05 Å². The molecule has 0 fully saturated rings. The van der Waals surface area contributed by atoms with Crippen LogP contribution in [0.3, 0.4) is 0 Å². The van der Waals surface area contributed by atoms with E-state index in [1.807, 2.05) is 0 Å². The Balaban J connectivity index is 2.13. The maximum atomic E-state index is 12.7. The lowest BCUT2D eigenvalue weighted by atomic mass is 10.1. The predicted molar refractivity (Wildman–Crippen MR) is 93.1 cm³/mol. The van der Waals surface area contributed by atoms with Gasteiger partial charge in [-0.15, -0.1) is 0 Å². The van der Waals surface area contributed by atoms with Crippen molar-refractivity contribution in [1.82, 2.24) is 19.6 Å². The molecule has 6 nitrogen and oxygen atoms in total. The minimum absolute atomic E-state index is 0.197. The molecule has 0 N–H and O–H groups in total. The van der Waals surface area contributed by atoms with Crippen LogP contribution in [0.4, 0.5) is 13.2 Å². The van der Waals surface area contributed by atoms with E-state index in [9.17, 15) is 18.0 Å². The summed E-state index contributed by atoms with van der Waals surface area (Å²) in [6, 6.07) is 6.39. The quantitative estimate of drug-likeness (QED) is 0.702. The molecule has 0 aliphatic carbocycles. The highest BCUT2D eigenvalue weighted by Gasteiger charge is 2.30. The van der Waals surface area contributed by atoms with E-state index in [1.165, 1.54) is 35.7 Å². The fourth-order valence-electron chi connectivity index (χ4n) is 2.84. The van der Waals surface area contributed by atoms with Crippen LogP contribution < -0.4 is 10.3 Å². The molecule has 2 aromatic heterocycles. The van der Waals surface area contributed by atoms with Crippen LogP contribution >= 0.6 is 0 Å². The summed E-state index contributed by atoms with van der Waals surface area (Å²) in [5.74, 6) is 0.295. The molecule has 9 heteroatoms. The summed E-state index contributed by atoms with van der Waals surface area (Å²) in [4.78, 5) is 12.6. The molecule has 0 radical (unpaired) electrons. The van der Waals surface area contributed by atoms with Crippen LogP contribution in [0.5, 0.6) is 5.75 Å². The predicted octanol–water partition coefficient (Wildman–Crippen LogP) is 3.28. The molecule has 2 heterocycles. The summed E-state index contributed by atoms with van der Waals surface area (Å²) < 4.78 is 46.1. The monoisotopic (exact) mass is 378 g/mol. The molecule has 3 aromatic rings. The number of hydrogen-bond donors (Lipinski definition) is 0. The first-order chi connectivity index (χ1) is 12.6. The Morgan fingerprint density at radius 3 is 2.26 bits per heavy atom. The van der Waals surface area contributed by atoms with Crippen LogP contribution in [-0.4, -0.2) is 26.7 Å². The van der Waals surface area contributed by atoms with Gasteiger partial charge in [0.25, 0.3) is 5.56 Å². The van der Waals surface area contributed by atoms with E-state index in [-0.39, 0.29) is 5.69 Å². The van der Waals surface area contributed by atoms with Crippen molar-refractivity contribution in [3.05, 3.63) is 57.6 Å². The minimum Gasteiger partial charge on any atom is -0.492 e. The summed E-state index contributed by atoms with van der Waals surface area (Å²) in [5.41, 5.74) is 1.16. The first-order valence-electron chi connectivity index (χ1n) is 8.00. The van der Waals surface area contributed by atoms with Gasteiger partial charge in [-0.2, -0.15) is 23.4 Å². The molecule has 3 rings (SSSR count). The smallest absolute Gasteiger partial charge is 0.416 e. The van der Waals surface area contributed by atoms with Gasteiger partial charge in [-0.1, -0.05) is 12.1 Å². The highest BCUT2D eigenvalue weighted by Crippen LogP contribution is 2.31. The molecular weight excluding hydrogens is 361 g/mol. The Hall–Kier alpha value is -3.10. The van der Waals surface area contributed by atoms with E-state index in [0.717, 1.165) is 12.1 Å². The normalized spacial score (nSPS) is 11.7. The van der Waals surface area contributed by atoms with Gasteiger partial charge in [-0.25, -0.2) is 9.36 Å². The molecule has 0 aliphatic rings. The number of ether oxygens (including phenoxy) is 1. The van der Waals surface area contributed by atoms with Crippen molar-refractivity contribution >= 4 is 0 Å². The first kappa shape index (κ1) is 18.7. The summed E-state index contributed by atoms with van der Waals surface area (Å²) in [6.07, 6.45) is -4.40. The van der Waals surface area contributed by atoms with Gasteiger partial charge in [0.15, 0.2) is 11.4 Å². The SMILES string of the molecule is COc1c(C)nn(C)c(=O)c1-n1nc(-c2ccc(C(F)(F)F)cc2)cc1C. The second kappa shape index (κ2) is 6.57. The Kier molecular flexibility index (Phi) is 4.54. The van der Waals surface area contributed by atoms with Gasteiger partial charge in [0.1, 0.15) is 5.69 Å². The summed E-state index contributed by atoms with van der Waals surface area (Å²) in [6.45, 7) is 3.45. The average Bonchev–Trinajstić information content (AvgIpc) is 2.98. The highest BCUT2D eigenvalue weighted by atomic mass is 19.4. The van der Waals surface area contributed by atoms with Crippen LogP contribution in [0, 0.1) is 13.8 Å². The molecule has 0 saturated heterocycles. The largest absolute Gasteiger partial charge is 0.492 e. The van der Waals surface area contributed by atoms with E-state index >= 15 is 0 Å². The Morgan fingerprint density at radius 2 is 1.70 bits per heavy atom. The van der Waals surface area contributed by atoms with E-state index in [0.29, 0.717) is 28.4 Å². The van der Waals surface area contributed by atoms with Crippen molar-refractivity contribution in [3.63, 3.8) is 0 Å². The van der Waals surface area contributed by atoms with Crippen molar-refractivity contribution in [2.75, 3.05) is 7.11 Å². The molecule has 0 atom stereocenters. The number of aryl methyl sites for hydroxylation is 3. The van der Waals surface area contributed by atoms with Gasteiger partial charge >= 0.3 is 6.18 Å². The number of benzene rings is 1. The number of methoxy groups -OCH3 is 1. The van der Waals surface area contributed by atoms with Gasteiger partial charge in [-0.05, 0) is 32.0 Å². The molecule has 1 aromatic carbocycles. The van der Waals surface area contributed by atoms with E-state index in [1.54, 1.807) is 19.9 Å². The number of hydrogen-bond acceptors (Lipinski definition) is 4. The van der Waals surface area contributed by atoms with Gasteiger partial charge in [-0.3, -0.25) is 4.79 Å². The molecule has 0 spiro atoms. The third-order valence-electron chi connectivity index (χ3n) is 4.15. The maximum Gasteiger partial charge on any atom is 0.416 e. The topological polar surface area (TPSA) is 61.9 Å². The molecule has 0 unspecified atom stereocenters. The highest BCUT2D eigenvalue weighted by molar-refractivity contribution is 5.61. The van der Waals surface area contributed by atoms with Gasteiger partial charge in [0.05, 0.1) is 18.4 Å². The minimum atomic E-state index is -4.40. The molecule has 0 aliphatic heterocycles. The summed E-state index contributed by atoms with van der Waals surface area (Å²) in [5, 5.41) is 8.50. The first-order valence-corrected chi connectivity index (χ1v) is 8.00. The van der Waals surface area contributed by atoms with Crippen molar-refractivity contribution in [1.29, 1.82) is 0 Å².